The molecule has 226 valence electrons. The molecule has 0 N–H and O–H groups in total. The number of aryl methyl sites for hydroxylation is 4. The standard InChI is InChI=1S/C28H18F12O2/c1-11-5-15-19(7-13(11)3)41-21-10-22-18(9-17(21)23(15,25(29,30)31)26(32,33)34)24(27(35,36)37,28(38,39)40)16-6-12(2)14(4)8-20(16)42-22/h5-10H,1-4H3. The predicted octanol–water partition coefficient (Wildman–Crippen LogP) is 9.95. The number of alkyl halides is 12. The lowest BCUT2D eigenvalue weighted by Crippen LogP contribution is -2.58. The molecule has 2 heterocycles. The van der Waals surface area contributed by atoms with E-state index in [2.05, 4.69) is 0 Å². The molecule has 3 aromatic rings. The van der Waals surface area contributed by atoms with Crippen LogP contribution in [0.4, 0.5) is 52.7 Å². The Labute approximate surface area is 229 Å². The van der Waals surface area contributed by atoms with Crippen LogP contribution >= 0.6 is 0 Å². The van der Waals surface area contributed by atoms with Crippen LogP contribution in [0.3, 0.4) is 0 Å². The van der Waals surface area contributed by atoms with Gasteiger partial charge in [-0.2, -0.15) is 52.7 Å². The van der Waals surface area contributed by atoms with Crippen molar-refractivity contribution in [2.24, 2.45) is 0 Å². The Morgan fingerprint density at radius 1 is 0.381 bits per heavy atom. The lowest BCUT2D eigenvalue weighted by atomic mass is 9.66. The van der Waals surface area contributed by atoms with Crippen molar-refractivity contribution >= 4 is 0 Å². The molecule has 42 heavy (non-hydrogen) atoms. The van der Waals surface area contributed by atoms with Crippen LogP contribution in [0.5, 0.6) is 23.0 Å². The second kappa shape index (κ2) is 8.50. The summed E-state index contributed by atoms with van der Waals surface area (Å²) >= 11 is 0. The van der Waals surface area contributed by atoms with Gasteiger partial charge in [0.25, 0.3) is 0 Å². The Hall–Kier alpha value is -3.58. The van der Waals surface area contributed by atoms with Crippen molar-refractivity contribution in [3.63, 3.8) is 0 Å². The summed E-state index contributed by atoms with van der Waals surface area (Å²) in [5.41, 5.74) is -16.8. The molecular formula is C28H18F12O2. The van der Waals surface area contributed by atoms with Gasteiger partial charge in [0.1, 0.15) is 23.0 Å². The maximum atomic E-state index is 14.9. The van der Waals surface area contributed by atoms with Crippen LogP contribution in [0.15, 0.2) is 36.4 Å². The molecule has 0 unspecified atom stereocenters. The molecule has 0 aromatic heterocycles. The molecule has 0 fully saturated rings. The second-order valence-electron chi connectivity index (χ2n) is 10.4. The van der Waals surface area contributed by atoms with E-state index in [0.29, 0.717) is 12.1 Å². The SMILES string of the molecule is Cc1cc2c(cc1C)C(C(F)(F)F)(C(F)(F)F)c1cc3c(cc1O2)Oc1cc(C)c(C)cc1C3(C(F)(F)F)C(F)(F)F. The second-order valence-corrected chi connectivity index (χ2v) is 10.4. The van der Waals surface area contributed by atoms with Crippen LogP contribution in [0.2, 0.25) is 0 Å². The molecular weight excluding hydrogens is 596 g/mol. The average Bonchev–Trinajstić information content (AvgIpc) is 2.78. The maximum absolute atomic E-state index is 14.9. The fourth-order valence-electron chi connectivity index (χ4n) is 5.72. The van der Waals surface area contributed by atoms with E-state index >= 15 is 0 Å². The monoisotopic (exact) mass is 614 g/mol. The van der Waals surface area contributed by atoms with Crippen molar-refractivity contribution in [1.82, 2.24) is 0 Å². The molecule has 2 aliphatic heterocycles. The van der Waals surface area contributed by atoms with Crippen molar-refractivity contribution in [2.45, 2.75) is 63.2 Å². The van der Waals surface area contributed by atoms with Crippen LogP contribution in [0.25, 0.3) is 0 Å². The molecule has 0 amide bonds. The quantitative estimate of drug-likeness (QED) is 0.235. The van der Waals surface area contributed by atoms with Gasteiger partial charge in [-0.3, -0.25) is 0 Å². The first-order chi connectivity index (χ1) is 19.0. The molecule has 2 nitrogen and oxygen atoms in total. The number of fused-ring (bicyclic) bond motifs is 4. The van der Waals surface area contributed by atoms with Crippen molar-refractivity contribution in [1.29, 1.82) is 0 Å². The minimum Gasteiger partial charge on any atom is -0.457 e. The van der Waals surface area contributed by atoms with E-state index in [1.807, 2.05) is 0 Å². The molecule has 0 bridgehead atoms. The highest BCUT2D eigenvalue weighted by Gasteiger charge is 2.78. The van der Waals surface area contributed by atoms with E-state index in [9.17, 15) is 52.7 Å². The van der Waals surface area contributed by atoms with Gasteiger partial charge in [-0.25, -0.2) is 0 Å². The van der Waals surface area contributed by atoms with Crippen LogP contribution in [-0.2, 0) is 10.8 Å². The van der Waals surface area contributed by atoms with Crippen molar-refractivity contribution in [3.05, 3.63) is 80.9 Å². The van der Waals surface area contributed by atoms with E-state index in [4.69, 9.17) is 9.47 Å². The third kappa shape index (κ3) is 3.62. The van der Waals surface area contributed by atoms with Gasteiger partial charge < -0.3 is 9.47 Å². The zero-order chi connectivity index (χ0) is 31.6. The molecule has 3 aromatic carbocycles. The summed E-state index contributed by atoms with van der Waals surface area (Å²) in [6.45, 7) is 5.14. The number of hydrogen-bond donors (Lipinski definition) is 0. The summed E-state index contributed by atoms with van der Waals surface area (Å²) in [4.78, 5) is 0. The van der Waals surface area contributed by atoms with Gasteiger partial charge in [0.2, 0.25) is 10.8 Å². The van der Waals surface area contributed by atoms with E-state index in [0.717, 1.165) is 12.1 Å². The van der Waals surface area contributed by atoms with Crippen molar-refractivity contribution < 1.29 is 62.2 Å². The zero-order valence-corrected chi connectivity index (χ0v) is 21.8. The molecule has 0 radical (unpaired) electrons. The smallest absolute Gasteiger partial charge is 0.411 e. The molecule has 2 aliphatic rings. The highest BCUT2D eigenvalue weighted by Crippen LogP contribution is 2.68. The Morgan fingerprint density at radius 3 is 0.905 bits per heavy atom. The van der Waals surface area contributed by atoms with Crippen LogP contribution < -0.4 is 9.47 Å². The van der Waals surface area contributed by atoms with E-state index in [1.54, 1.807) is 0 Å². The van der Waals surface area contributed by atoms with Gasteiger partial charge in [-0.15, -0.1) is 0 Å². The number of hydrogen-bond acceptors (Lipinski definition) is 2. The Bertz CT molecular complexity index is 1480. The van der Waals surface area contributed by atoms with Crippen LogP contribution in [0, 0.1) is 27.7 Å². The van der Waals surface area contributed by atoms with E-state index in [1.165, 1.54) is 27.7 Å². The highest BCUT2D eigenvalue weighted by molar-refractivity contribution is 5.69. The first kappa shape index (κ1) is 29.9. The van der Waals surface area contributed by atoms with Gasteiger partial charge in [0, 0.05) is 28.3 Å². The Balaban J connectivity index is 2.01. The van der Waals surface area contributed by atoms with Crippen molar-refractivity contribution in [3.8, 4) is 23.0 Å². The van der Waals surface area contributed by atoms with Gasteiger partial charge in [0.05, 0.1) is 0 Å². The first-order valence-electron chi connectivity index (χ1n) is 12.0. The van der Waals surface area contributed by atoms with Gasteiger partial charge in [-0.1, -0.05) is 12.1 Å². The van der Waals surface area contributed by atoms with Gasteiger partial charge in [0.15, 0.2) is 0 Å². The lowest BCUT2D eigenvalue weighted by molar-refractivity contribution is -0.291. The molecule has 5 rings (SSSR count). The fourth-order valence-corrected chi connectivity index (χ4v) is 5.72. The largest absolute Gasteiger partial charge is 0.457 e. The third-order valence-corrected chi connectivity index (χ3v) is 8.03. The van der Waals surface area contributed by atoms with Crippen LogP contribution in [-0.4, -0.2) is 24.7 Å². The van der Waals surface area contributed by atoms with Crippen LogP contribution in [0.1, 0.15) is 44.5 Å². The average molecular weight is 614 g/mol. The summed E-state index contributed by atoms with van der Waals surface area (Å²) in [6, 6.07) is 2.66. The molecule has 0 aliphatic carbocycles. The maximum Gasteiger partial charge on any atom is 0.411 e. The van der Waals surface area contributed by atoms with Gasteiger partial charge in [-0.05, 0) is 68.1 Å². The number of benzene rings is 3. The molecule has 0 spiro atoms. The summed E-state index contributed by atoms with van der Waals surface area (Å²) in [5.74, 6) is -4.35. The molecule has 0 atom stereocenters. The number of rotatable bonds is 0. The summed E-state index contributed by atoms with van der Waals surface area (Å²) in [6.07, 6.45) is -25.2. The topological polar surface area (TPSA) is 18.5 Å². The van der Waals surface area contributed by atoms with Gasteiger partial charge >= 0.3 is 24.7 Å². The summed E-state index contributed by atoms with van der Waals surface area (Å²) in [5, 5.41) is 0. The minimum absolute atomic E-state index is 0.0559. The Kier molecular flexibility index (Phi) is 6.05. The third-order valence-electron chi connectivity index (χ3n) is 8.03. The molecule has 14 heteroatoms. The molecule has 0 saturated carbocycles. The van der Waals surface area contributed by atoms with E-state index < -0.39 is 80.8 Å². The lowest BCUT2D eigenvalue weighted by Gasteiger charge is -2.46. The van der Waals surface area contributed by atoms with E-state index in [-0.39, 0.29) is 34.4 Å². The molecule has 0 saturated heterocycles. The summed E-state index contributed by atoms with van der Waals surface area (Å²) < 4.78 is 189. The zero-order valence-electron chi connectivity index (χ0n) is 21.8. The Morgan fingerprint density at radius 2 is 0.619 bits per heavy atom. The minimum atomic E-state index is -6.30. The fraction of sp³-hybridized carbons (Fsp3) is 0.357. The number of ether oxygens (including phenoxy) is 2. The highest BCUT2D eigenvalue weighted by atomic mass is 19.4. The number of halogens is 12. The summed E-state index contributed by atoms with van der Waals surface area (Å²) in [7, 11) is 0. The van der Waals surface area contributed by atoms with Crippen molar-refractivity contribution in [2.75, 3.05) is 0 Å². The predicted molar refractivity (Wildman–Crippen MR) is 124 cm³/mol. The first-order valence-corrected chi connectivity index (χ1v) is 12.0. The normalized spacial score (nSPS) is 17.3.